The summed E-state index contributed by atoms with van der Waals surface area (Å²) >= 11 is 0. The van der Waals surface area contributed by atoms with E-state index in [-0.39, 0.29) is 0 Å². The van der Waals surface area contributed by atoms with Crippen molar-refractivity contribution in [3.8, 4) is 0 Å². The van der Waals surface area contributed by atoms with Crippen LogP contribution in [0, 0.1) is 0 Å². The molecule has 0 saturated carbocycles. The SMILES string of the molecule is C/C=C1\CO1. The molecular formula is C4H6O. The van der Waals surface area contributed by atoms with Gasteiger partial charge in [-0.1, -0.05) is 0 Å². The Morgan fingerprint density at radius 2 is 2.60 bits per heavy atom. The molecule has 0 aromatic rings. The molecule has 0 atom stereocenters. The fourth-order valence-electron chi connectivity index (χ4n) is 0.208. The second-order valence-corrected chi connectivity index (χ2v) is 1.04. The number of hydrogen-bond donors (Lipinski definition) is 0. The summed E-state index contributed by atoms with van der Waals surface area (Å²) in [5.74, 6) is 1.13. The number of rotatable bonds is 0. The van der Waals surface area contributed by atoms with Crippen LogP contribution in [-0.4, -0.2) is 6.61 Å². The van der Waals surface area contributed by atoms with E-state index in [1.54, 1.807) is 0 Å². The van der Waals surface area contributed by atoms with Gasteiger partial charge in [-0.05, 0) is 13.0 Å². The van der Waals surface area contributed by atoms with Gasteiger partial charge in [0, 0.05) is 0 Å². The van der Waals surface area contributed by atoms with E-state index in [4.69, 9.17) is 4.74 Å². The van der Waals surface area contributed by atoms with Gasteiger partial charge in [-0.15, -0.1) is 0 Å². The Balaban J connectivity index is 2.46. The highest BCUT2D eigenvalue weighted by molar-refractivity contribution is 5.01. The molecule has 0 aromatic heterocycles. The Hall–Kier alpha value is -0.460. The number of hydrogen-bond acceptors (Lipinski definition) is 1. The molecule has 0 N–H and O–H groups in total. The Morgan fingerprint density at radius 3 is 2.60 bits per heavy atom. The standard InChI is InChI=1S/C4H6O/c1-2-4-3-5-4/h2H,3H2,1H3/b4-2+. The lowest BCUT2D eigenvalue weighted by Crippen LogP contribution is -1.35. The molecule has 1 saturated heterocycles. The molecule has 1 rings (SSSR count). The smallest absolute Gasteiger partial charge is 0.145 e. The van der Waals surface area contributed by atoms with Crippen LogP contribution in [0.5, 0.6) is 0 Å². The average Bonchev–Trinajstić information content (AvgIpc) is 2.12. The first kappa shape index (κ1) is 2.76. The topological polar surface area (TPSA) is 12.5 Å². The zero-order valence-electron chi connectivity index (χ0n) is 3.19. The van der Waals surface area contributed by atoms with Crippen molar-refractivity contribution in [1.82, 2.24) is 0 Å². The largest absolute Gasteiger partial charge is 0.487 e. The van der Waals surface area contributed by atoms with E-state index in [0.29, 0.717) is 0 Å². The maximum Gasteiger partial charge on any atom is 0.145 e. The molecule has 1 aliphatic rings. The highest BCUT2D eigenvalue weighted by Gasteiger charge is 2.08. The van der Waals surface area contributed by atoms with Gasteiger partial charge >= 0.3 is 0 Å². The van der Waals surface area contributed by atoms with E-state index in [0.717, 1.165) is 12.4 Å². The molecule has 0 unspecified atom stereocenters. The van der Waals surface area contributed by atoms with E-state index in [2.05, 4.69) is 0 Å². The molecule has 0 amide bonds. The van der Waals surface area contributed by atoms with Crippen molar-refractivity contribution in [3.63, 3.8) is 0 Å². The Kier molecular flexibility index (Phi) is 0.411. The normalized spacial score (nSPS) is 26.2. The Morgan fingerprint density at radius 1 is 2.00 bits per heavy atom. The van der Waals surface area contributed by atoms with Crippen LogP contribution in [0.1, 0.15) is 6.92 Å². The van der Waals surface area contributed by atoms with Crippen LogP contribution in [0.25, 0.3) is 0 Å². The Bertz CT molecular complexity index is 58.0. The highest BCUT2D eigenvalue weighted by atomic mass is 16.6. The van der Waals surface area contributed by atoms with Crippen molar-refractivity contribution in [2.75, 3.05) is 6.61 Å². The molecule has 5 heavy (non-hydrogen) atoms. The van der Waals surface area contributed by atoms with Crippen LogP contribution in [-0.2, 0) is 4.74 Å². The van der Waals surface area contributed by atoms with Crippen LogP contribution in [0.3, 0.4) is 0 Å². The van der Waals surface area contributed by atoms with Gasteiger partial charge in [-0.25, -0.2) is 0 Å². The van der Waals surface area contributed by atoms with Crippen LogP contribution >= 0.6 is 0 Å². The molecule has 1 aliphatic heterocycles. The maximum absolute atomic E-state index is 4.72. The van der Waals surface area contributed by atoms with Crippen molar-refractivity contribution < 1.29 is 4.74 Å². The predicted octanol–water partition coefficient (Wildman–Crippen LogP) is 0.920. The number of allylic oxidation sites excluding steroid dienone is 1. The average molecular weight is 70.1 g/mol. The van der Waals surface area contributed by atoms with Gasteiger partial charge in [0.15, 0.2) is 0 Å². The third-order valence-corrected chi connectivity index (χ3v) is 0.633. The van der Waals surface area contributed by atoms with E-state index in [9.17, 15) is 0 Å². The van der Waals surface area contributed by atoms with Gasteiger partial charge in [-0.2, -0.15) is 0 Å². The van der Waals surface area contributed by atoms with Crippen LogP contribution < -0.4 is 0 Å². The van der Waals surface area contributed by atoms with Crippen LogP contribution in [0.2, 0.25) is 0 Å². The molecule has 1 heterocycles. The maximum atomic E-state index is 4.72. The molecule has 28 valence electrons. The van der Waals surface area contributed by atoms with Crippen molar-refractivity contribution >= 4 is 0 Å². The van der Waals surface area contributed by atoms with Gasteiger partial charge < -0.3 is 4.74 Å². The molecular weight excluding hydrogens is 64.0 g/mol. The van der Waals surface area contributed by atoms with Gasteiger partial charge in [0.2, 0.25) is 0 Å². The molecule has 0 spiro atoms. The van der Waals surface area contributed by atoms with Gasteiger partial charge in [0.1, 0.15) is 12.4 Å². The minimum absolute atomic E-state index is 0.872. The minimum atomic E-state index is 0.872. The second-order valence-electron chi connectivity index (χ2n) is 1.04. The fraction of sp³-hybridized carbons (Fsp3) is 0.500. The lowest BCUT2D eigenvalue weighted by molar-refractivity contribution is 0.509. The summed E-state index contributed by atoms with van der Waals surface area (Å²) in [5.41, 5.74) is 0. The van der Waals surface area contributed by atoms with E-state index in [1.165, 1.54) is 0 Å². The van der Waals surface area contributed by atoms with E-state index >= 15 is 0 Å². The quantitative estimate of drug-likeness (QED) is 0.386. The summed E-state index contributed by atoms with van der Waals surface area (Å²) in [6.07, 6.45) is 1.97. The monoisotopic (exact) mass is 70.0 g/mol. The molecule has 1 nitrogen and oxygen atoms in total. The zero-order valence-corrected chi connectivity index (χ0v) is 3.19. The molecule has 1 heteroatoms. The molecule has 0 aromatic carbocycles. The molecule has 1 fully saturated rings. The van der Waals surface area contributed by atoms with Crippen LogP contribution in [0.15, 0.2) is 11.8 Å². The summed E-state index contributed by atoms with van der Waals surface area (Å²) in [6.45, 7) is 2.85. The first-order valence-electron chi connectivity index (χ1n) is 1.71. The minimum Gasteiger partial charge on any atom is -0.487 e. The summed E-state index contributed by atoms with van der Waals surface area (Å²) in [6, 6.07) is 0. The summed E-state index contributed by atoms with van der Waals surface area (Å²) in [7, 11) is 0. The summed E-state index contributed by atoms with van der Waals surface area (Å²) in [4.78, 5) is 0. The first-order valence-corrected chi connectivity index (χ1v) is 1.71. The Labute approximate surface area is 31.3 Å². The van der Waals surface area contributed by atoms with Crippen LogP contribution in [0.4, 0.5) is 0 Å². The summed E-state index contributed by atoms with van der Waals surface area (Å²) in [5, 5.41) is 0. The third-order valence-electron chi connectivity index (χ3n) is 0.633. The second kappa shape index (κ2) is 0.744. The van der Waals surface area contributed by atoms with Crippen molar-refractivity contribution in [2.24, 2.45) is 0 Å². The van der Waals surface area contributed by atoms with Crippen molar-refractivity contribution in [2.45, 2.75) is 6.92 Å². The fourth-order valence-corrected chi connectivity index (χ4v) is 0.208. The van der Waals surface area contributed by atoms with Crippen molar-refractivity contribution in [3.05, 3.63) is 11.8 Å². The first-order chi connectivity index (χ1) is 2.43. The lowest BCUT2D eigenvalue weighted by atomic mass is 10.6. The van der Waals surface area contributed by atoms with Gasteiger partial charge in [-0.3, -0.25) is 0 Å². The number of ether oxygens (including phenoxy) is 1. The van der Waals surface area contributed by atoms with Crippen molar-refractivity contribution in [1.29, 1.82) is 0 Å². The lowest BCUT2D eigenvalue weighted by Gasteiger charge is -1.50. The molecule has 0 bridgehead atoms. The van der Waals surface area contributed by atoms with Gasteiger partial charge in [0.05, 0.1) is 0 Å². The van der Waals surface area contributed by atoms with E-state index in [1.807, 2.05) is 13.0 Å². The zero-order chi connectivity index (χ0) is 3.70. The summed E-state index contributed by atoms with van der Waals surface area (Å²) < 4.78 is 4.72. The van der Waals surface area contributed by atoms with Gasteiger partial charge in [0.25, 0.3) is 0 Å². The molecule has 0 radical (unpaired) electrons. The van der Waals surface area contributed by atoms with E-state index < -0.39 is 0 Å². The third kappa shape index (κ3) is 0.407. The molecule has 0 aliphatic carbocycles. The highest BCUT2D eigenvalue weighted by Crippen LogP contribution is 2.11. The predicted molar refractivity (Wildman–Crippen MR) is 19.7 cm³/mol. The number of epoxide rings is 1.